The molecule has 4 rings (SSSR count). The van der Waals surface area contributed by atoms with E-state index in [1.165, 1.54) is 0 Å². The molecular weight excluding hydrogens is 348 g/mol. The van der Waals surface area contributed by atoms with Gasteiger partial charge in [-0.15, -0.1) is 0 Å². The Balaban J connectivity index is 2.09. The lowest BCUT2D eigenvalue weighted by molar-refractivity contribution is -0.432. The minimum atomic E-state index is -0.910. The molecule has 0 radical (unpaired) electrons. The number of nitrogens with one attached hydrogen (secondary N) is 1. The third kappa shape index (κ3) is 2.64. The van der Waals surface area contributed by atoms with Gasteiger partial charge in [0.2, 0.25) is 0 Å². The lowest BCUT2D eigenvalue weighted by atomic mass is 9.86. The Bertz CT molecular complexity index is 1150. The largest absolute Gasteiger partial charge is 0.434 e. The molecule has 27 heavy (non-hydrogen) atoms. The maximum atomic E-state index is 12.8. The first-order chi connectivity index (χ1) is 13.0. The highest BCUT2D eigenvalue weighted by molar-refractivity contribution is 5.85. The summed E-state index contributed by atoms with van der Waals surface area (Å²) in [6.45, 7) is 1.92. The fraction of sp³-hybridized carbons (Fsp3) is 0.150. The molecule has 1 aromatic heterocycles. The number of benzene rings is 2. The van der Waals surface area contributed by atoms with Crippen LogP contribution in [0.15, 0.2) is 69.3 Å². The van der Waals surface area contributed by atoms with E-state index in [1.807, 2.05) is 19.1 Å². The fourth-order valence-electron chi connectivity index (χ4n) is 3.37. The predicted molar refractivity (Wildman–Crippen MR) is 99.2 cm³/mol. The number of nitrogens with zero attached hydrogens (tertiary/aromatic N) is 1. The molecular formula is C20H16N2O5. The van der Waals surface area contributed by atoms with Crippen LogP contribution in [0.1, 0.15) is 22.6 Å². The van der Waals surface area contributed by atoms with Crippen LogP contribution < -0.4 is 15.7 Å². The summed E-state index contributed by atoms with van der Waals surface area (Å²) in [4.78, 5) is 24.1. The zero-order valence-corrected chi connectivity index (χ0v) is 14.7. The van der Waals surface area contributed by atoms with Crippen molar-refractivity contribution in [3.8, 4) is 5.75 Å². The average Bonchev–Trinajstić information content (AvgIpc) is 2.67. The topological polar surface area (TPSA) is 94.6 Å². The minimum Gasteiger partial charge on any atom is -0.434 e. The number of allylic oxidation sites excluding steroid dienone is 1. The van der Waals surface area contributed by atoms with Crippen molar-refractivity contribution in [3.05, 3.63) is 97.3 Å². The summed E-state index contributed by atoms with van der Waals surface area (Å²) in [5.74, 6) is -0.621. The van der Waals surface area contributed by atoms with Crippen molar-refractivity contribution in [2.45, 2.75) is 12.8 Å². The number of hydrogen-bond acceptors (Lipinski definition) is 6. The van der Waals surface area contributed by atoms with Crippen LogP contribution in [0.2, 0.25) is 0 Å². The molecule has 1 aliphatic heterocycles. The predicted octanol–water partition coefficient (Wildman–Crippen LogP) is 3.29. The number of hydrogen-bond donors (Lipinski definition) is 1. The lowest BCUT2D eigenvalue weighted by Gasteiger charge is -2.25. The Morgan fingerprint density at radius 2 is 1.81 bits per heavy atom. The van der Waals surface area contributed by atoms with Gasteiger partial charge < -0.3 is 14.5 Å². The Morgan fingerprint density at radius 1 is 1.11 bits per heavy atom. The van der Waals surface area contributed by atoms with E-state index in [-0.39, 0.29) is 22.9 Å². The van der Waals surface area contributed by atoms with Gasteiger partial charge in [-0.1, -0.05) is 42.0 Å². The van der Waals surface area contributed by atoms with Crippen LogP contribution in [0.3, 0.4) is 0 Å². The van der Waals surface area contributed by atoms with Gasteiger partial charge in [0, 0.05) is 7.05 Å². The van der Waals surface area contributed by atoms with Crippen molar-refractivity contribution in [1.82, 2.24) is 5.32 Å². The molecule has 7 heteroatoms. The van der Waals surface area contributed by atoms with Crippen LogP contribution in [0.5, 0.6) is 5.75 Å². The van der Waals surface area contributed by atoms with Gasteiger partial charge in [-0.3, -0.25) is 10.1 Å². The third-order valence-electron chi connectivity index (χ3n) is 4.63. The van der Waals surface area contributed by atoms with Gasteiger partial charge in [0.1, 0.15) is 11.5 Å². The molecule has 0 unspecified atom stereocenters. The van der Waals surface area contributed by atoms with Gasteiger partial charge in [-0.2, -0.15) is 0 Å². The van der Waals surface area contributed by atoms with Crippen molar-refractivity contribution in [3.63, 3.8) is 0 Å². The standard InChI is InChI=1S/C20H16N2O5/c1-11-7-9-12(10-8-11)15-16-18(27-19(21-2)17(15)22(24)25)13-5-3-4-6-14(13)26-20(16)23/h3-10,15,21H,1-2H3/t15-/m1/s1. The zero-order valence-electron chi connectivity index (χ0n) is 14.7. The molecule has 0 fully saturated rings. The van der Waals surface area contributed by atoms with Crippen LogP contribution in [-0.4, -0.2) is 12.0 Å². The highest BCUT2D eigenvalue weighted by Crippen LogP contribution is 2.44. The summed E-state index contributed by atoms with van der Waals surface area (Å²) >= 11 is 0. The van der Waals surface area contributed by atoms with Gasteiger partial charge in [0.05, 0.1) is 15.9 Å². The molecule has 0 amide bonds. The van der Waals surface area contributed by atoms with E-state index in [4.69, 9.17) is 9.15 Å². The smallest absolute Gasteiger partial charge is 0.344 e. The van der Waals surface area contributed by atoms with Crippen LogP contribution in [0.4, 0.5) is 0 Å². The zero-order chi connectivity index (χ0) is 19.1. The van der Waals surface area contributed by atoms with Crippen LogP contribution in [0.25, 0.3) is 11.0 Å². The number of fused-ring (bicyclic) bond motifs is 3. The highest BCUT2D eigenvalue weighted by Gasteiger charge is 2.42. The molecule has 0 bridgehead atoms. The summed E-state index contributed by atoms with van der Waals surface area (Å²) in [7, 11) is 1.55. The Morgan fingerprint density at radius 3 is 2.48 bits per heavy atom. The van der Waals surface area contributed by atoms with Crippen molar-refractivity contribution in [2.24, 2.45) is 0 Å². The summed E-state index contributed by atoms with van der Waals surface area (Å²) in [5, 5.41) is 15.2. The van der Waals surface area contributed by atoms with Crippen LogP contribution >= 0.6 is 0 Å². The molecule has 2 heterocycles. The first kappa shape index (κ1) is 16.8. The number of aryl methyl sites for hydroxylation is 1. The van der Waals surface area contributed by atoms with E-state index in [0.717, 1.165) is 5.56 Å². The lowest BCUT2D eigenvalue weighted by Crippen LogP contribution is -2.31. The van der Waals surface area contributed by atoms with Gasteiger partial charge in [-0.25, -0.2) is 4.79 Å². The molecule has 0 aliphatic carbocycles. The first-order valence-corrected chi connectivity index (χ1v) is 8.37. The van der Waals surface area contributed by atoms with E-state index in [0.29, 0.717) is 16.5 Å². The molecule has 0 saturated carbocycles. The molecule has 3 aromatic rings. The molecule has 1 aliphatic rings. The van der Waals surface area contributed by atoms with E-state index >= 15 is 0 Å². The molecule has 136 valence electrons. The molecule has 1 atom stereocenters. The van der Waals surface area contributed by atoms with E-state index in [2.05, 4.69) is 5.32 Å². The molecule has 2 aromatic carbocycles. The third-order valence-corrected chi connectivity index (χ3v) is 4.63. The first-order valence-electron chi connectivity index (χ1n) is 8.37. The summed E-state index contributed by atoms with van der Waals surface area (Å²) in [6.07, 6.45) is 0. The van der Waals surface area contributed by atoms with Gasteiger partial charge in [-0.05, 0) is 24.6 Å². The summed E-state index contributed by atoms with van der Waals surface area (Å²) in [6, 6.07) is 14.2. The van der Waals surface area contributed by atoms with Crippen molar-refractivity contribution >= 4 is 11.0 Å². The molecule has 0 spiro atoms. The highest BCUT2D eigenvalue weighted by atomic mass is 16.6. The van der Waals surface area contributed by atoms with Crippen molar-refractivity contribution in [2.75, 3.05) is 7.05 Å². The quantitative estimate of drug-likeness (QED) is 0.435. The second-order valence-electron chi connectivity index (χ2n) is 6.30. The Kier molecular flexibility index (Phi) is 3.92. The van der Waals surface area contributed by atoms with E-state index in [1.54, 1.807) is 43.4 Å². The molecule has 7 nitrogen and oxygen atoms in total. The monoisotopic (exact) mass is 364 g/mol. The maximum Gasteiger partial charge on any atom is 0.344 e. The number of rotatable bonds is 3. The van der Waals surface area contributed by atoms with Crippen LogP contribution in [-0.2, 0) is 0 Å². The van der Waals surface area contributed by atoms with Gasteiger partial charge >= 0.3 is 11.3 Å². The van der Waals surface area contributed by atoms with Gasteiger partial charge in [0.15, 0.2) is 5.75 Å². The second-order valence-corrected chi connectivity index (χ2v) is 6.30. The number of ether oxygens (including phenoxy) is 1. The minimum absolute atomic E-state index is 0.00817. The number of para-hydroxylation sites is 1. The van der Waals surface area contributed by atoms with Crippen molar-refractivity contribution in [1.29, 1.82) is 0 Å². The SMILES string of the molecule is CNC1=C([N+](=O)[O-])[C@H](c2ccc(C)cc2)c2c(c3ccccc3oc2=O)O1. The molecule has 0 saturated heterocycles. The maximum absolute atomic E-state index is 12.8. The second kappa shape index (κ2) is 6.28. The Labute approximate surface area is 154 Å². The van der Waals surface area contributed by atoms with Crippen LogP contribution in [0, 0.1) is 17.0 Å². The summed E-state index contributed by atoms with van der Waals surface area (Å²) < 4.78 is 11.2. The van der Waals surface area contributed by atoms with E-state index < -0.39 is 16.5 Å². The van der Waals surface area contributed by atoms with Gasteiger partial charge in [0.25, 0.3) is 5.88 Å². The normalized spacial score (nSPS) is 16.0. The Hall–Kier alpha value is -3.61. The summed E-state index contributed by atoms with van der Waals surface area (Å²) in [5.41, 5.74) is 1.25. The van der Waals surface area contributed by atoms with Crippen molar-refractivity contribution < 1.29 is 14.1 Å². The average molecular weight is 364 g/mol. The van der Waals surface area contributed by atoms with E-state index in [9.17, 15) is 14.9 Å². The molecule has 1 N–H and O–H groups in total. The number of nitro groups is 1. The fourth-order valence-corrected chi connectivity index (χ4v) is 3.37.